The Labute approximate surface area is 87.5 Å². The van der Waals surface area contributed by atoms with Gasteiger partial charge in [0, 0.05) is 5.57 Å². The van der Waals surface area contributed by atoms with E-state index in [-0.39, 0.29) is 6.10 Å². The average molecular weight is 194 g/mol. The van der Waals surface area contributed by atoms with Crippen molar-refractivity contribution in [2.45, 2.75) is 64.9 Å². The molecule has 0 radical (unpaired) electrons. The molecule has 0 aliphatic heterocycles. The second-order valence-corrected chi connectivity index (χ2v) is 4.30. The highest BCUT2D eigenvalue weighted by molar-refractivity contribution is 5.13. The summed E-state index contributed by atoms with van der Waals surface area (Å²) >= 11 is 0. The molecular formula is C13H22O. The van der Waals surface area contributed by atoms with Gasteiger partial charge in [-0.2, -0.15) is 0 Å². The third-order valence-electron chi connectivity index (χ3n) is 2.86. The Kier molecular flexibility index (Phi) is 5.00. The van der Waals surface area contributed by atoms with Gasteiger partial charge in [-0.25, -0.2) is 0 Å². The van der Waals surface area contributed by atoms with Crippen molar-refractivity contribution >= 4 is 0 Å². The minimum atomic E-state index is -0.208. The molecule has 0 aromatic heterocycles. The molecule has 1 rings (SSSR count). The highest BCUT2D eigenvalue weighted by atomic mass is 16.3. The molecule has 0 unspecified atom stereocenters. The number of hydrogen-bond acceptors (Lipinski definition) is 1. The standard InChI is InChI=1S/C13H22O/c1-3-4-7-11(2)10-12-8-5-6-9-13(12)14/h13-14H,3-9H2,1-2H3/t10?,13-/m0/s1. The van der Waals surface area contributed by atoms with Crippen molar-refractivity contribution in [3.8, 4) is 0 Å². The van der Waals surface area contributed by atoms with Crippen molar-refractivity contribution in [3.05, 3.63) is 16.9 Å². The summed E-state index contributed by atoms with van der Waals surface area (Å²) in [4.78, 5) is 0. The van der Waals surface area contributed by atoms with Crippen molar-refractivity contribution in [1.29, 1.82) is 0 Å². The van der Waals surface area contributed by atoms with Crippen LogP contribution in [0.3, 0.4) is 0 Å². The largest absolute Gasteiger partial charge is 0.388 e. The molecule has 0 heterocycles. The lowest BCUT2D eigenvalue weighted by molar-refractivity contribution is 0.179. The first-order valence-corrected chi connectivity index (χ1v) is 5.87. The maximum Gasteiger partial charge on any atom is 0.0823 e. The summed E-state index contributed by atoms with van der Waals surface area (Å²) in [5.74, 6) is 0. The molecule has 1 nitrogen and oxygen atoms in total. The fraction of sp³-hybridized carbons (Fsp3) is 0.769. The van der Waals surface area contributed by atoms with Gasteiger partial charge in [0.15, 0.2) is 0 Å². The zero-order chi connectivity index (χ0) is 10.4. The van der Waals surface area contributed by atoms with Crippen LogP contribution in [0.4, 0.5) is 0 Å². The van der Waals surface area contributed by atoms with Crippen molar-refractivity contribution in [2.75, 3.05) is 0 Å². The number of rotatable bonds is 3. The van der Waals surface area contributed by atoms with Crippen LogP contribution in [0.25, 0.3) is 0 Å². The fourth-order valence-electron chi connectivity index (χ4n) is 1.92. The molecule has 1 fully saturated rings. The molecule has 14 heavy (non-hydrogen) atoms. The normalized spacial score (nSPS) is 21.9. The van der Waals surface area contributed by atoms with E-state index in [9.17, 15) is 5.11 Å². The molecule has 1 N–H and O–H groups in total. The Morgan fingerprint density at radius 2 is 2.29 bits per heavy atom. The molecule has 1 aliphatic carbocycles. The first-order valence-electron chi connectivity index (χ1n) is 5.87. The van der Waals surface area contributed by atoms with Crippen LogP contribution in [0.5, 0.6) is 0 Å². The number of aliphatic hydroxyl groups excluding tert-OH is 1. The van der Waals surface area contributed by atoms with Crippen LogP contribution < -0.4 is 0 Å². The molecule has 1 aliphatic rings. The van der Waals surface area contributed by atoms with E-state index in [1.165, 1.54) is 31.3 Å². The minimum Gasteiger partial charge on any atom is -0.388 e. The van der Waals surface area contributed by atoms with E-state index in [2.05, 4.69) is 19.6 Å². The van der Waals surface area contributed by atoms with Crippen molar-refractivity contribution in [1.82, 2.24) is 0 Å². The van der Waals surface area contributed by atoms with E-state index in [4.69, 9.17) is 0 Å². The maximum atomic E-state index is 9.73. The van der Waals surface area contributed by atoms with E-state index in [0.29, 0.717) is 0 Å². The fourth-order valence-corrected chi connectivity index (χ4v) is 1.92. The molecule has 1 heteroatoms. The summed E-state index contributed by atoms with van der Waals surface area (Å²) in [6.45, 7) is 4.33. The topological polar surface area (TPSA) is 20.2 Å². The van der Waals surface area contributed by atoms with Gasteiger partial charge in [-0.3, -0.25) is 0 Å². The SMILES string of the molecule is CCCCC(C)=C=C1CCCC[C@@H]1O. The Balaban J connectivity index is 2.62. The van der Waals surface area contributed by atoms with Gasteiger partial charge in [-0.15, -0.1) is 5.73 Å². The van der Waals surface area contributed by atoms with Gasteiger partial charge in [0.25, 0.3) is 0 Å². The Bertz CT molecular complexity index is 234. The third kappa shape index (κ3) is 3.69. The zero-order valence-corrected chi connectivity index (χ0v) is 9.47. The van der Waals surface area contributed by atoms with E-state index >= 15 is 0 Å². The molecule has 0 aromatic carbocycles. The van der Waals surface area contributed by atoms with Gasteiger partial charge in [-0.05, 0) is 44.6 Å². The molecule has 80 valence electrons. The molecule has 0 saturated heterocycles. The van der Waals surface area contributed by atoms with Crippen LogP contribution in [0.1, 0.15) is 58.8 Å². The van der Waals surface area contributed by atoms with Gasteiger partial charge < -0.3 is 5.11 Å². The van der Waals surface area contributed by atoms with Crippen molar-refractivity contribution in [3.63, 3.8) is 0 Å². The van der Waals surface area contributed by atoms with Crippen LogP contribution in [0, 0.1) is 0 Å². The summed E-state index contributed by atoms with van der Waals surface area (Å²) < 4.78 is 0. The average Bonchev–Trinajstić information content (AvgIpc) is 2.18. The first kappa shape index (κ1) is 11.6. The number of hydrogen-bond donors (Lipinski definition) is 1. The first-order chi connectivity index (χ1) is 6.74. The molecule has 0 spiro atoms. The summed E-state index contributed by atoms with van der Waals surface area (Å²) in [5.41, 5.74) is 5.84. The lowest BCUT2D eigenvalue weighted by Gasteiger charge is -2.18. The lowest BCUT2D eigenvalue weighted by Crippen LogP contribution is -2.14. The smallest absolute Gasteiger partial charge is 0.0823 e. The molecule has 1 atom stereocenters. The van der Waals surface area contributed by atoms with Gasteiger partial charge in [-0.1, -0.05) is 19.8 Å². The maximum absolute atomic E-state index is 9.73. The number of aliphatic hydroxyl groups is 1. The van der Waals surface area contributed by atoms with Crippen LogP contribution in [0.15, 0.2) is 16.9 Å². The number of unbranched alkanes of at least 4 members (excludes halogenated alkanes) is 1. The van der Waals surface area contributed by atoms with E-state index in [0.717, 1.165) is 24.8 Å². The zero-order valence-electron chi connectivity index (χ0n) is 9.47. The highest BCUT2D eigenvalue weighted by Crippen LogP contribution is 2.23. The summed E-state index contributed by atoms with van der Waals surface area (Å²) in [6.07, 6.45) is 7.76. The van der Waals surface area contributed by atoms with Crippen molar-refractivity contribution < 1.29 is 5.11 Å². The highest BCUT2D eigenvalue weighted by Gasteiger charge is 2.15. The third-order valence-corrected chi connectivity index (χ3v) is 2.86. The lowest BCUT2D eigenvalue weighted by atomic mass is 9.92. The van der Waals surface area contributed by atoms with Crippen LogP contribution in [0.2, 0.25) is 0 Å². The Morgan fingerprint density at radius 1 is 1.50 bits per heavy atom. The minimum absolute atomic E-state index is 0.208. The van der Waals surface area contributed by atoms with Gasteiger partial charge >= 0.3 is 0 Å². The van der Waals surface area contributed by atoms with Crippen LogP contribution in [-0.4, -0.2) is 11.2 Å². The van der Waals surface area contributed by atoms with Gasteiger partial charge in [0.2, 0.25) is 0 Å². The quantitative estimate of drug-likeness (QED) is 0.681. The molecular weight excluding hydrogens is 172 g/mol. The monoisotopic (exact) mass is 194 g/mol. The molecule has 1 saturated carbocycles. The van der Waals surface area contributed by atoms with E-state index < -0.39 is 0 Å². The molecule has 0 bridgehead atoms. The molecule has 0 aromatic rings. The van der Waals surface area contributed by atoms with E-state index in [1.54, 1.807) is 0 Å². The van der Waals surface area contributed by atoms with Crippen molar-refractivity contribution in [2.24, 2.45) is 0 Å². The summed E-state index contributed by atoms with van der Waals surface area (Å²) in [7, 11) is 0. The Hall–Kier alpha value is -0.520. The second-order valence-electron chi connectivity index (χ2n) is 4.30. The second kappa shape index (κ2) is 6.06. The molecule has 0 amide bonds. The van der Waals surface area contributed by atoms with Crippen LogP contribution >= 0.6 is 0 Å². The summed E-state index contributed by atoms with van der Waals surface area (Å²) in [5, 5.41) is 9.73. The van der Waals surface area contributed by atoms with Crippen LogP contribution in [-0.2, 0) is 0 Å². The predicted octanol–water partition coefficient (Wildman–Crippen LogP) is 3.58. The van der Waals surface area contributed by atoms with E-state index in [1.807, 2.05) is 0 Å². The van der Waals surface area contributed by atoms with Gasteiger partial charge in [0.05, 0.1) is 6.10 Å². The predicted molar refractivity (Wildman–Crippen MR) is 60.2 cm³/mol. The summed E-state index contributed by atoms with van der Waals surface area (Å²) in [6, 6.07) is 0. The Morgan fingerprint density at radius 3 is 2.93 bits per heavy atom. The van der Waals surface area contributed by atoms with Gasteiger partial charge in [0.1, 0.15) is 0 Å².